The summed E-state index contributed by atoms with van der Waals surface area (Å²) in [4.78, 5) is 52.2. The minimum atomic E-state index is -1.36. The average Bonchev–Trinajstić information content (AvgIpc) is 3.17. The zero-order valence-corrected chi connectivity index (χ0v) is 14.0. The zero-order chi connectivity index (χ0) is 20.3. The van der Waals surface area contributed by atoms with Crippen LogP contribution in [0.4, 0.5) is 10.5 Å². The first-order chi connectivity index (χ1) is 13.4. The molecule has 11 heteroatoms. The summed E-state index contributed by atoms with van der Waals surface area (Å²) < 4.78 is 9.65. The van der Waals surface area contributed by atoms with Gasteiger partial charge in [0, 0.05) is 24.3 Å². The van der Waals surface area contributed by atoms with E-state index in [-0.39, 0.29) is 11.3 Å². The third kappa shape index (κ3) is 3.77. The van der Waals surface area contributed by atoms with Crippen LogP contribution in [0.1, 0.15) is 10.4 Å². The van der Waals surface area contributed by atoms with Crippen LogP contribution >= 0.6 is 0 Å². The fraction of sp³-hybridized carbons (Fsp3) is 0.0588. The minimum Gasteiger partial charge on any atom is -0.492 e. The molecule has 2 N–H and O–H groups in total. The predicted molar refractivity (Wildman–Crippen MR) is 89.2 cm³/mol. The molecule has 0 saturated carbocycles. The van der Waals surface area contributed by atoms with Gasteiger partial charge in [0.25, 0.3) is 11.8 Å². The van der Waals surface area contributed by atoms with Crippen LogP contribution in [0.15, 0.2) is 48.6 Å². The lowest BCUT2D eigenvalue weighted by Crippen LogP contribution is -2.29. The van der Waals surface area contributed by atoms with Crippen LogP contribution in [-0.2, 0) is 19.1 Å². The molecular formula is C17H12N2O9. The van der Waals surface area contributed by atoms with E-state index in [1.165, 1.54) is 24.3 Å². The smallest absolute Gasteiger partial charge is 0.492 e. The second-order valence-corrected chi connectivity index (χ2v) is 5.27. The molecule has 144 valence electrons. The molecule has 0 spiro atoms. The maximum Gasteiger partial charge on any atom is 0.536 e. The van der Waals surface area contributed by atoms with Crippen molar-refractivity contribution < 1.29 is 43.7 Å². The van der Waals surface area contributed by atoms with Gasteiger partial charge in [0.05, 0.1) is 11.3 Å². The van der Waals surface area contributed by atoms with Gasteiger partial charge in [-0.05, 0) is 18.2 Å². The number of benzene rings is 1. The number of nitrogens with zero attached hydrogens (tertiary/aromatic N) is 2. The highest BCUT2D eigenvalue weighted by Gasteiger charge is 2.25. The Morgan fingerprint density at radius 1 is 0.929 bits per heavy atom. The van der Waals surface area contributed by atoms with Crippen molar-refractivity contribution in [2.75, 3.05) is 11.7 Å². The summed E-state index contributed by atoms with van der Waals surface area (Å²) in [6, 6.07) is 7.68. The Morgan fingerprint density at radius 2 is 1.57 bits per heavy atom. The molecule has 11 nitrogen and oxygen atoms in total. The van der Waals surface area contributed by atoms with E-state index in [1.807, 2.05) is 0 Å². The van der Waals surface area contributed by atoms with Crippen molar-refractivity contribution in [1.82, 2.24) is 4.73 Å². The van der Waals surface area contributed by atoms with Gasteiger partial charge in [0.15, 0.2) is 0 Å². The van der Waals surface area contributed by atoms with Crippen molar-refractivity contribution in [3.8, 4) is 11.8 Å². The molecule has 0 bridgehead atoms. The molecule has 0 unspecified atom stereocenters. The van der Waals surface area contributed by atoms with Gasteiger partial charge in [-0.25, -0.2) is 14.5 Å². The molecule has 0 atom stereocenters. The molecule has 3 rings (SSSR count). The number of rotatable bonds is 5. The number of carbonyl (C=O) groups is 4. The Balaban J connectivity index is 1.55. The monoisotopic (exact) mass is 388 g/mol. The van der Waals surface area contributed by atoms with Gasteiger partial charge >= 0.3 is 12.1 Å². The second-order valence-electron chi connectivity index (χ2n) is 5.27. The summed E-state index contributed by atoms with van der Waals surface area (Å²) >= 11 is 0. The fourth-order valence-corrected chi connectivity index (χ4v) is 2.24. The van der Waals surface area contributed by atoms with E-state index >= 15 is 0 Å². The number of esters is 1. The van der Waals surface area contributed by atoms with E-state index in [9.17, 15) is 29.4 Å². The van der Waals surface area contributed by atoms with Crippen LogP contribution < -0.4 is 9.74 Å². The van der Waals surface area contributed by atoms with Crippen LogP contribution in [0.5, 0.6) is 11.8 Å². The molecule has 28 heavy (non-hydrogen) atoms. The van der Waals surface area contributed by atoms with Gasteiger partial charge in [0.2, 0.25) is 18.6 Å². The Bertz CT molecular complexity index is 955. The van der Waals surface area contributed by atoms with Crippen LogP contribution in [-0.4, -0.2) is 45.7 Å². The number of aromatic hydroxyl groups is 2. The van der Waals surface area contributed by atoms with Crippen molar-refractivity contribution >= 4 is 29.6 Å². The summed E-state index contributed by atoms with van der Waals surface area (Å²) in [7, 11) is 0. The van der Waals surface area contributed by atoms with E-state index in [1.54, 1.807) is 0 Å². The molecule has 1 aromatic heterocycles. The minimum absolute atomic E-state index is 0.00247. The van der Waals surface area contributed by atoms with Crippen molar-refractivity contribution in [1.29, 1.82) is 0 Å². The lowest BCUT2D eigenvalue weighted by atomic mass is 10.2. The molecule has 0 fully saturated rings. The SMILES string of the molecule is O=C(OCOC(=O)c1cccc(N2C(=O)C=CC2=O)c1)On1c(O)ccc1O. The molecule has 0 saturated heterocycles. The lowest BCUT2D eigenvalue weighted by Gasteiger charge is -2.14. The lowest BCUT2D eigenvalue weighted by molar-refractivity contribution is -0.120. The maximum atomic E-state index is 12.0. The van der Waals surface area contributed by atoms with E-state index in [0.29, 0.717) is 4.73 Å². The van der Waals surface area contributed by atoms with Crippen LogP contribution in [0.25, 0.3) is 0 Å². The number of hydrogen-bond acceptors (Lipinski definition) is 9. The molecule has 1 aromatic carbocycles. The summed E-state index contributed by atoms with van der Waals surface area (Å²) in [6.07, 6.45) is 0.850. The largest absolute Gasteiger partial charge is 0.536 e. The van der Waals surface area contributed by atoms with Gasteiger partial charge in [0.1, 0.15) is 0 Å². The number of amides is 2. The average molecular weight is 388 g/mol. The molecular weight excluding hydrogens is 376 g/mol. The van der Waals surface area contributed by atoms with Gasteiger partial charge in [-0.15, -0.1) is 4.73 Å². The highest BCUT2D eigenvalue weighted by molar-refractivity contribution is 6.28. The molecule has 1 aliphatic heterocycles. The summed E-state index contributed by atoms with van der Waals surface area (Å²) in [6.45, 7) is -0.826. The predicted octanol–water partition coefficient (Wildman–Crippen LogP) is 0.708. The van der Waals surface area contributed by atoms with Crippen molar-refractivity contribution in [2.45, 2.75) is 0 Å². The highest BCUT2D eigenvalue weighted by atomic mass is 16.8. The first kappa shape index (κ1) is 18.5. The summed E-state index contributed by atoms with van der Waals surface area (Å²) in [5.41, 5.74) is 0.177. The van der Waals surface area contributed by atoms with Crippen LogP contribution in [0.3, 0.4) is 0 Å². The standard InChI is InChI=1S/C17H12N2O9/c20-12-4-5-13(21)18(12)11-3-1-2-10(8-11)16(24)26-9-27-17(25)28-19-14(22)6-7-15(19)23/h1-8,22-23H,9H2. The molecule has 2 aromatic rings. The van der Waals surface area contributed by atoms with E-state index in [4.69, 9.17) is 4.74 Å². The van der Waals surface area contributed by atoms with Crippen LogP contribution in [0.2, 0.25) is 0 Å². The molecule has 0 aliphatic carbocycles. The topological polar surface area (TPSA) is 145 Å². The summed E-state index contributed by atoms with van der Waals surface area (Å²) in [5, 5.41) is 18.6. The molecule has 0 radical (unpaired) electrons. The molecule has 2 amide bonds. The number of ether oxygens (including phenoxy) is 2. The number of imide groups is 1. The molecule has 1 aliphatic rings. The highest BCUT2D eigenvalue weighted by Crippen LogP contribution is 2.21. The fourth-order valence-electron chi connectivity index (χ4n) is 2.24. The second kappa shape index (κ2) is 7.53. The van der Waals surface area contributed by atoms with E-state index in [0.717, 1.165) is 29.2 Å². The third-order valence-electron chi connectivity index (χ3n) is 3.48. The van der Waals surface area contributed by atoms with Crippen molar-refractivity contribution in [3.63, 3.8) is 0 Å². The number of aromatic nitrogens is 1. The number of carbonyl (C=O) groups excluding carboxylic acids is 4. The maximum absolute atomic E-state index is 12.0. The number of anilines is 1. The van der Waals surface area contributed by atoms with Gasteiger partial charge < -0.3 is 19.7 Å². The van der Waals surface area contributed by atoms with E-state index in [2.05, 4.69) is 9.57 Å². The first-order valence-electron chi connectivity index (χ1n) is 7.65. The third-order valence-corrected chi connectivity index (χ3v) is 3.48. The quantitative estimate of drug-likeness (QED) is 0.430. The van der Waals surface area contributed by atoms with Gasteiger partial charge in [-0.2, -0.15) is 0 Å². The van der Waals surface area contributed by atoms with Crippen LogP contribution in [0, 0.1) is 0 Å². The van der Waals surface area contributed by atoms with Gasteiger partial charge in [-0.3, -0.25) is 14.4 Å². The number of hydrogen-bond donors (Lipinski definition) is 2. The summed E-state index contributed by atoms with van der Waals surface area (Å²) in [5.74, 6) is -3.09. The normalized spacial score (nSPS) is 12.9. The first-order valence-corrected chi connectivity index (χ1v) is 7.65. The van der Waals surface area contributed by atoms with E-state index < -0.39 is 42.5 Å². The van der Waals surface area contributed by atoms with Gasteiger partial charge in [-0.1, -0.05) is 6.07 Å². The zero-order valence-electron chi connectivity index (χ0n) is 14.0. The Morgan fingerprint density at radius 3 is 2.21 bits per heavy atom. The van der Waals surface area contributed by atoms with Crippen molar-refractivity contribution in [3.05, 3.63) is 54.1 Å². The Labute approximate surface area is 156 Å². The Hall–Kier alpha value is -4.28. The Kier molecular flexibility index (Phi) is 4.98. The molecule has 2 heterocycles. The van der Waals surface area contributed by atoms with Crippen molar-refractivity contribution in [2.24, 2.45) is 0 Å².